The number of hydrogen-bond donors (Lipinski definition) is 3. The number of benzene rings is 1. The summed E-state index contributed by atoms with van der Waals surface area (Å²) in [5, 5.41) is 9.41. The molecule has 110 valence electrons. The SMILES string of the molecule is NC(=O)Nc1n[nH]c(-c2ccncc2)c1-c1ccc(F)cc1. The van der Waals surface area contributed by atoms with Gasteiger partial charge < -0.3 is 5.73 Å². The van der Waals surface area contributed by atoms with Gasteiger partial charge in [0.25, 0.3) is 0 Å². The van der Waals surface area contributed by atoms with Crippen LogP contribution in [0.5, 0.6) is 0 Å². The molecule has 0 atom stereocenters. The molecule has 0 aliphatic rings. The Bertz CT molecular complexity index is 799. The molecule has 0 aliphatic heterocycles. The highest BCUT2D eigenvalue weighted by Crippen LogP contribution is 2.35. The lowest BCUT2D eigenvalue weighted by atomic mass is 10.0. The predicted molar refractivity (Wildman–Crippen MR) is 80.4 cm³/mol. The monoisotopic (exact) mass is 297 g/mol. The fourth-order valence-corrected chi connectivity index (χ4v) is 2.17. The van der Waals surface area contributed by atoms with Gasteiger partial charge in [-0.2, -0.15) is 5.10 Å². The summed E-state index contributed by atoms with van der Waals surface area (Å²) in [6, 6.07) is 8.77. The maximum atomic E-state index is 13.1. The summed E-state index contributed by atoms with van der Waals surface area (Å²) in [7, 11) is 0. The lowest BCUT2D eigenvalue weighted by molar-refractivity contribution is 0.259. The topological polar surface area (TPSA) is 96.7 Å². The van der Waals surface area contributed by atoms with Gasteiger partial charge in [0.1, 0.15) is 5.82 Å². The number of hydrogen-bond acceptors (Lipinski definition) is 3. The maximum absolute atomic E-state index is 13.1. The minimum Gasteiger partial charge on any atom is -0.351 e. The Labute approximate surface area is 125 Å². The average molecular weight is 297 g/mol. The van der Waals surface area contributed by atoms with Crippen LogP contribution in [0.15, 0.2) is 48.8 Å². The molecular formula is C15H12FN5O. The standard InChI is InChI=1S/C15H12FN5O/c16-11-3-1-9(2-4-11)12-13(10-5-7-18-8-6-10)20-21-14(12)19-15(17)22/h1-8H,(H4,17,19,20,21,22). The molecular weight excluding hydrogens is 285 g/mol. The molecule has 2 aromatic heterocycles. The first kappa shape index (κ1) is 13.7. The molecule has 0 saturated carbocycles. The Morgan fingerprint density at radius 1 is 1.09 bits per heavy atom. The summed E-state index contributed by atoms with van der Waals surface area (Å²) in [6.45, 7) is 0. The second-order valence-corrected chi connectivity index (χ2v) is 4.55. The number of amides is 2. The minimum atomic E-state index is -0.726. The van der Waals surface area contributed by atoms with E-state index in [0.717, 1.165) is 5.56 Å². The first-order valence-corrected chi connectivity index (χ1v) is 6.46. The summed E-state index contributed by atoms with van der Waals surface area (Å²) in [6.07, 6.45) is 3.29. The second kappa shape index (κ2) is 5.65. The van der Waals surface area contributed by atoms with Gasteiger partial charge in [0, 0.05) is 18.0 Å². The van der Waals surface area contributed by atoms with Crippen LogP contribution in [0.25, 0.3) is 22.4 Å². The number of rotatable bonds is 3. The molecule has 7 heteroatoms. The van der Waals surface area contributed by atoms with Crippen LogP contribution in [0.1, 0.15) is 0 Å². The van der Waals surface area contributed by atoms with Crippen molar-refractivity contribution in [3.05, 3.63) is 54.6 Å². The number of carbonyl (C=O) groups excluding carboxylic acids is 1. The fraction of sp³-hybridized carbons (Fsp3) is 0. The van der Waals surface area contributed by atoms with E-state index in [1.807, 2.05) is 0 Å². The van der Waals surface area contributed by atoms with E-state index in [1.54, 1.807) is 36.7 Å². The summed E-state index contributed by atoms with van der Waals surface area (Å²) < 4.78 is 13.1. The summed E-state index contributed by atoms with van der Waals surface area (Å²) in [5.41, 5.74) is 8.01. The largest absolute Gasteiger partial charge is 0.351 e. The third-order valence-corrected chi connectivity index (χ3v) is 3.11. The van der Waals surface area contributed by atoms with E-state index < -0.39 is 6.03 Å². The van der Waals surface area contributed by atoms with Gasteiger partial charge in [0.05, 0.1) is 11.3 Å². The molecule has 2 heterocycles. The number of pyridine rings is 1. The van der Waals surface area contributed by atoms with Crippen molar-refractivity contribution in [2.75, 3.05) is 5.32 Å². The van der Waals surface area contributed by atoms with E-state index in [1.165, 1.54) is 12.1 Å². The maximum Gasteiger partial charge on any atom is 0.317 e. The predicted octanol–water partition coefficient (Wildman–Crippen LogP) is 2.77. The number of urea groups is 1. The van der Waals surface area contributed by atoms with Crippen LogP contribution in [0.4, 0.5) is 15.0 Å². The number of H-pyrrole nitrogens is 1. The molecule has 1 aromatic carbocycles. The molecule has 0 fully saturated rings. The van der Waals surface area contributed by atoms with Crippen LogP contribution >= 0.6 is 0 Å². The number of aromatic nitrogens is 3. The van der Waals surface area contributed by atoms with Crippen molar-refractivity contribution in [2.45, 2.75) is 0 Å². The van der Waals surface area contributed by atoms with Crippen LogP contribution in [-0.4, -0.2) is 21.2 Å². The number of nitrogens with one attached hydrogen (secondary N) is 2. The highest BCUT2D eigenvalue weighted by atomic mass is 19.1. The van der Waals surface area contributed by atoms with Crippen LogP contribution in [0.2, 0.25) is 0 Å². The number of primary amides is 1. The first-order valence-electron chi connectivity index (χ1n) is 6.46. The van der Waals surface area contributed by atoms with E-state index in [9.17, 15) is 9.18 Å². The van der Waals surface area contributed by atoms with Crippen LogP contribution in [-0.2, 0) is 0 Å². The van der Waals surface area contributed by atoms with Crippen molar-refractivity contribution in [3.8, 4) is 22.4 Å². The van der Waals surface area contributed by atoms with Crippen molar-refractivity contribution in [1.29, 1.82) is 0 Å². The van der Waals surface area contributed by atoms with E-state index in [-0.39, 0.29) is 11.6 Å². The Morgan fingerprint density at radius 3 is 2.41 bits per heavy atom. The second-order valence-electron chi connectivity index (χ2n) is 4.55. The molecule has 22 heavy (non-hydrogen) atoms. The van der Waals surface area contributed by atoms with Crippen molar-refractivity contribution in [3.63, 3.8) is 0 Å². The number of aromatic amines is 1. The fourth-order valence-electron chi connectivity index (χ4n) is 2.17. The Hall–Kier alpha value is -3.22. The summed E-state index contributed by atoms with van der Waals surface area (Å²) >= 11 is 0. The molecule has 0 bridgehead atoms. The van der Waals surface area contributed by atoms with E-state index in [4.69, 9.17) is 5.73 Å². The third-order valence-electron chi connectivity index (χ3n) is 3.11. The van der Waals surface area contributed by atoms with Crippen LogP contribution in [0.3, 0.4) is 0 Å². The lowest BCUT2D eigenvalue weighted by Gasteiger charge is -2.06. The molecule has 0 aliphatic carbocycles. The van der Waals surface area contributed by atoms with E-state index in [2.05, 4.69) is 20.5 Å². The van der Waals surface area contributed by atoms with Crippen LogP contribution in [0, 0.1) is 5.82 Å². The van der Waals surface area contributed by atoms with Crippen molar-refractivity contribution < 1.29 is 9.18 Å². The molecule has 0 saturated heterocycles. The molecule has 2 amide bonds. The molecule has 0 unspecified atom stereocenters. The van der Waals surface area contributed by atoms with E-state index >= 15 is 0 Å². The van der Waals surface area contributed by atoms with Gasteiger partial charge in [0.2, 0.25) is 0 Å². The number of carbonyl (C=O) groups is 1. The Morgan fingerprint density at radius 2 is 1.77 bits per heavy atom. The zero-order chi connectivity index (χ0) is 15.5. The first-order chi connectivity index (χ1) is 10.6. The number of anilines is 1. The van der Waals surface area contributed by atoms with Gasteiger partial charge in [-0.25, -0.2) is 9.18 Å². The molecule has 6 nitrogen and oxygen atoms in total. The lowest BCUT2D eigenvalue weighted by Crippen LogP contribution is -2.19. The number of nitrogens with two attached hydrogens (primary N) is 1. The van der Waals surface area contributed by atoms with Crippen molar-refractivity contribution >= 4 is 11.8 Å². The molecule has 0 radical (unpaired) electrons. The smallest absolute Gasteiger partial charge is 0.317 e. The Balaban J connectivity index is 2.17. The van der Waals surface area contributed by atoms with Gasteiger partial charge in [0.15, 0.2) is 5.82 Å². The third kappa shape index (κ3) is 2.64. The van der Waals surface area contributed by atoms with Gasteiger partial charge in [-0.15, -0.1) is 0 Å². The highest BCUT2D eigenvalue weighted by molar-refractivity contribution is 5.96. The molecule has 3 aromatic rings. The van der Waals surface area contributed by atoms with Crippen molar-refractivity contribution in [2.24, 2.45) is 5.73 Å². The van der Waals surface area contributed by atoms with Gasteiger partial charge in [-0.05, 0) is 29.8 Å². The average Bonchev–Trinajstić information content (AvgIpc) is 2.92. The number of nitrogens with zero attached hydrogens (tertiary/aromatic N) is 2. The molecule has 0 spiro atoms. The number of halogens is 1. The molecule has 3 rings (SSSR count). The normalized spacial score (nSPS) is 10.4. The van der Waals surface area contributed by atoms with Gasteiger partial charge >= 0.3 is 6.03 Å². The van der Waals surface area contributed by atoms with Gasteiger partial charge in [-0.3, -0.25) is 15.4 Å². The summed E-state index contributed by atoms with van der Waals surface area (Å²) in [5.74, 6) is -0.0620. The minimum absolute atomic E-state index is 0.283. The molecule has 4 N–H and O–H groups in total. The Kier molecular flexibility index (Phi) is 3.53. The zero-order valence-corrected chi connectivity index (χ0v) is 11.4. The van der Waals surface area contributed by atoms with E-state index in [0.29, 0.717) is 16.8 Å². The zero-order valence-electron chi connectivity index (χ0n) is 11.4. The summed E-state index contributed by atoms with van der Waals surface area (Å²) in [4.78, 5) is 15.1. The van der Waals surface area contributed by atoms with Crippen LogP contribution < -0.4 is 11.1 Å². The quantitative estimate of drug-likeness (QED) is 0.693. The van der Waals surface area contributed by atoms with Gasteiger partial charge in [-0.1, -0.05) is 12.1 Å². The van der Waals surface area contributed by atoms with Crippen molar-refractivity contribution in [1.82, 2.24) is 15.2 Å². The highest BCUT2D eigenvalue weighted by Gasteiger charge is 2.17.